The van der Waals surface area contributed by atoms with Crippen molar-refractivity contribution in [2.45, 2.75) is 57.8 Å². The maximum atomic E-state index is 9.68. The lowest BCUT2D eigenvalue weighted by atomic mass is 9.97. The molecule has 6 nitrogen and oxygen atoms in total. The van der Waals surface area contributed by atoms with E-state index in [1.54, 1.807) is 14.2 Å². The topological polar surface area (TPSA) is 48.4 Å². The third-order valence-electron chi connectivity index (χ3n) is 6.66. The molecule has 0 bridgehead atoms. The van der Waals surface area contributed by atoms with Gasteiger partial charge in [0.1, 0.15) is 11.5 Å². The van der Waals surface area contributed by atoms with Crippen LogP contribution in [-0.2, 0) is 6.54 Å². The maximum Gasteiger partial charge on any atom is 0.127 e. The minimum atomic E-state index is 0.256. The van der Waals surface area contributed by atoms with Crippen molar-refractivity contribution in [3.05, 3.63) is 23.8 Å². The summed E-state index contributed by atoms with van der Waals surface area (Å²) < 4.78 is 10.9. The lowest BCUT2D eigenvalue weighted by molar-refractivity contribution is -0.000196. The lowest BCUT2D eigenvalue weighted by Gasteiger charge is -2.48. The van der Waals surface area contributed by atoms with Gasteiger partial charge in [-0.3, -0.25) is 9.80 Å². The summed E-state index contributed by atoms with van der Waals surface area (Å²) in [6, 6.07) is 7.78. The zero-order chi connectivity index (χ0) is 20.8. The number of benzene rings is 1. The molecule has 1 N–H and O–H groups in total. The van der Waals surface area contributed by atoms with E-state index in [0.29, 0.717) is 18.1 Å². The Hall–Kier alpha value is -1.34. The van der Waals surface area contributed by atoms with Gasteiger partial charge in [-0.2, -0.15) is 0 Å². The molecule has 2 aliphatic heterocycles. The summed E-state index contributed by atoms with van der Waals surface area (Å²) in [5.41, 5.74) is 1.19. The molecule has 0 aliphatic carbocycles. The number of rotatable bonds is 8. The zero-order valence-corrected chi connectivity index (χ0v) is 18.6. The Morgan fingerprint density at radius 3 is 2.45 bits per heavy atom. The molecular formula is C23H39N3O3. The van der Waals surface area contributed by atoms with Gasteiger partial charge in [0.25, 0.3) is 0 Å². The van der Waals surface area contributed by atoms with Gasteiger partial charge in [-0.25, -0.2) is 0 Å². The van der Waals surface area contributed by atoms with Crippen molar-refractivity contribution in [2.75, 3.05) is 53.6 Å². The lowest BCUT2D eigenvalue weighted by Crippen LogP contribution is -2.58. The first-order valence-electron chi connectivity index (χ1n) is 11.1. The molecule has 2 aliphatic rings. The van der Waals surface area contributed by atoms with Gasteiger partial charge in [-0.15, -0.1) is 0 Å². The highest BCUT2D eigenvalue weighted by molar-refractivity contribution is 5.40. The number of nitrogens with zero attached hydrogens (tertiary/aromatic N) is 3. The summed E-state index contributed by atoms with van der Waals surface area (Å²) in [4.78, 5) is 7.78. The molecule has 2 heterocycles. The average molecular weight is 406 g/mol. The van der Waals surface area contributed by atoms with E-state index in [1.165, 1.54) is 31.5 Å². The molecule has 0 spiro atoms. The summed E-state index contributed by atoms with van der Waals surface area (Å²) in [7, 11) is 3.40. The first-order valence-corrected chi connectivity index (χ1v) is 11.1. The van der Waals surface area contributed by atoms with Gasteiger partial charge in [0.05, 0.1) is 14.2 Å². The van der Waals surface area contributed by atoms with Crippen molar-refractivity contribution in [1.29, 1.82) is 0 Å². The van der Waals surface area contributed by atoms with Crippen LogP contribution in [0.3, 0.4) is 0 Å². The predicted molar refractivity (Wildman–Crippen MR) is 117 cm³/mol. The number of methoxy groups -OCH3 is 2. The van der Waals surface area contributed by atoms with Gasteiger partial charge in [0.2, 0.25) is 0 Å². The molecule has 3 rings (SSSR count). The number of aliphatic hydroxyl groups is 1. The first kappa shape index (κ1) is 22.3. The number of hydrogen-bond donors (Lipinski definition) is 1. The van der Waals surface area contributed by atoms with Crippen LogP contribution >= 0.6 is 0 Å². The molecule has 164 valence electrons. The highest BCUT2D eigenvalue weighted by Gasteiger charge is 2.34. The number of piperidine rings is 1. The third-order valence-corrected chi connectivity index (χ3v) is 6.66. The van der Waals surface area contributed by atoms with Crippen LogP contribution in [0, 0.1) is 0 Å². The van der Waals surface area contributed by atoms with Gasteiger partial charge >= 0.3 is 0 Å². The average Bonchev–Trinajstić information content (AvgIpc) is 2.74. The van der Waals surface area contributed by atoms with Gasteiger partial charge in [-0.1, -0.05) is 6.07 Å². The summed E-state index contributed by atoms with van der Waals surface area (Å²) in [5.74, 6) is 1.70. The predicted octanol–water partition coefficient (Wildman–Crippen LogP) is 2.45. The molecule has 0 amide bonds. The van der Waals surface area contributed by atoms with Gasteiger partial charge in [0.15, 0.2) is 0 Å². The smallest absolute Gasteiger partial charge is 0.127 e. The molecule has 2 saturated heterocycles. The summed E-state index contributed by atoms with van der Waals surface area (Å²) in [6.07, 6.45) is 3.33. The highest BCUT2D eigenvalue weighted by Crippen LogP contribution is 2.28. The van der Waals surface area contributed by atoms with E-state index in [0.717, 1.165) is 44.1 Å². The van der Waals surface area contributed by atoms with Gasteiger partial charge < -0.3 is 19.5 Å². The summed E-state index contributed by atoms with van der Waals surface area (Å²) in [5, 5.41) is 9.68. The molecule has 6 heteroatoms. The Labute approximate surface area is 176 Å². The van der Waals surface area contributed by atoms with Crippen LogP contribution in [-0.4, -0.2) is 91.5 Å². The molecule has 1 atom stereocenters. The summed E-state index contributed by atoms with van der Waals surface area (Å²) in [6.45, 7) is 11.2. The molecule has 1 aromatic rings. The van der Waals surface area contributed by atoms with E-state index in [9.17, 15) is 5.11 Å². The van der Waals surface area contributed by atoms with Gasteiger partial charge in [0, 0.05) is 62.5 Å². The van der Waals surface area contributed by atoms with Crippen molar-refractivity contribution in [3.63, 3.8) is 0 Å². The molecule has 1 aromatic carbocycles. The van der Waals surface area contributed by atoms with Crippen LogP contribution in [0.4, 0.5) is 0 Å². The van der Waals surface area contributed by atoms with E-state index >= 15 is 0 Å². The van der Waals surface area contributed by atoms with E-state index in [2.05, 4.69) is 34.6 Å². The van der Waals surface area contributed by atoms with Crippen LogP contribution in [0.2, 0.25) is 0 Å². The van der Waals surface area contributed by atoms with Crippen LogP contribution in [0.15, 0.2) is 18.2 Å². The van der Waals surface area contributed by atoms with Crippen LogP contribution in [0.1, 0.15) is 38.7 Å². The maximum absolute atomic E-state index is 9.68. The van der Waals surface area contributed by atoms with Crippen molar-refractivity contribution in [3.8, 4) is 11.5 Å². The van der Waals surface area contributed by atoms with E-state index < -0.39 is 0 Å². The number of ether oxygens (including phenoxy) is 2. The standard InChI is InChI=1S/C23H39N3O3/c1-18(2)25-10-7-20(8-11-25)26-13-12-24(17-21(26)9-14-27)16-19-5-6-22(28-3)15-23(19)29-4/h5-6,15,18,20-21,27H,7-14,16-17H2,1-4H3. The number of aliphatic hydroxyl groups excluding tert-OH is 1. The quantitative estimate of drug-likeness (QED) is 0.717. The zero-order valence-electron chi connectivity index (χ0n) is 18.6. The van der Waals surface area contributed by atoms with E-state index in [4.69, 9.17) is 9.47 Å². The van der Waals surface area contributed by atoms with Crippen LogP contribution in [0.25, 0.3) is 0 Å². The second kappa shape index (κ2) is 10.6. The molecular weight excluding hydrogens is 366 g/mol. The summed E-state index contributed by atoms with van der Waals surface area (Å²) >= 11 is 0. The number of hydrogen-bond acceptors (Lipinski definition) is 6. The van der Waals surface area contributed by atoms with Crippen molar-refractivity contribution in [2.24, 2.45) is 0 Å². The second-order valence-electron chi connectivity index (χ2n) is 8.68. The normalized spacial score (nSPS) is 22.9. The Balaban J connectivity index is 1.62. The largest absolute Gasteiger partial charge is 0.497 e. The van der Waals surface area contributed by atoms with Crippen LogP contribution < -0.4 is 9.47 Å². The fourth-order valence-corrected chi connectivity index (χ4v) is 4.92. The molecule has 2 fully saturated rings. The first-order chi connectivity index (χ1) is 14.0. The number of likely N-dealkylation sites (tertiary alicyclic amines) is 1. The Morgan fingerprint density at radius 1 is 1.07 bits per heavy atom. The SMILES string of the molecule is COc1ccc(CN2CCN(C3CCN(C(C)C)CC3)C(CCO)C2)c(OC)c1. The fraction of sp³-hybridized carbons (Fsp3) is 0.739. The second-order valence-corrected chi connectivity index (χ2v) is 8.68. The monoisotopic (exact) mass is 405 g/mol. The minimum absolute atomic E-state index is 0.256. The van der Waals surface area contributed by atoms with E-state index in [-0.39, 0.29) is 6.61 Å². The minimum Gasteiger partial charge on any atom is -0.497 e. The number of piperazine rings is 1. The Kier molecular flexibility index (Phi) is 8.18. The Morgan fingerprint density at radius 2 is 1.83 bits per heavy atom. The molecule has 1 unspecified atom stereocenters. The highest BCUT2D eigenvalue weighted by atomic mass is 16.5. The molecule has 0 radical (unpaired) electrons. The van der Waals surface area contributed by atoms with Crippen molar-refractivity contribution in [1.82, 2.24) is 14.7 Å². The fourth-order valence-electron chi connectivity index (χ4n) is 4.92. The molecule has 29 heavy (non-hydrogen) atoms. The molecule has 0 saturated carbocycles. The van der Waals surface area contributed by atoms with Crippen LogP contribution in [0.5, 0.6) is 11.5 Å². The Bertz CT molecular complexity index is 632. The van der Waals surface area contributed by atoms with Crippen molar-refractivity contribution >= 4 is 0 Å². The van der Waals surface area contributed by atoms with Crippen molar-refractivity contribution < 1.29 is 14.6 Å². The van der Waals surface area contributed by atoms with E-state index in [1.807, 2.05) is 12.1 Å². The van der Waals surface area contributed by atoms with Gasteiger partial charge in [-0.05, 0) is 52.3 Å². The third kappa shape index (κ3) is 5.63. The molecule has 0 aromatic heterocycles.